The molecule has 0 saturated heterocycles. The van der Waals surface area contributed by atoms with Crippen LogP contribution in [0.15, 0.2) is 180 Å². The fourth-order valence-electron chi connectivity index (χ4n) is 8.45. The first-order chi connectivity index (χ1) is 28.4. The minimum absolute atomic E-state index is 0.263. The third-order valence-corrected chi connectivity index (χ3v) is 11.4. The average molecular weight is 750 g/mol. The lowest BCUT2D eigenvalue weighted by molar-refractivity contribution is 0.669. The summed E-state index contributed by atoms with van der Waals surface area (Å²) in [5, 5.41) is 1.99. The molecular formula is C54H43N3O. The van der Waals surface area contributed by atoms with Crippen molar-refractivity contribution in [1.82, 2.24) is 14.5 Å². The maximum Gasteiger partial charge on any atom is 0.149 e. The van der Waals surface area contributed by atoms with E-state index in [-0.39, 0.29) is 11.8 Å². The van der Waals surface area contributed by atoms with E-state index in [0.717, 1.165) is 77.9 Å². The molecule has 0 aliphatic heterocycles. The van der Waals surface area contributed by atoms with E-state index in [9.17, 15) is 0 Å². The van der Waals surface area contributed by atoms with Crippen LogP contribution in [0, 0.1) is 0 Å². The standard InChI is InChI=1S/C54H43N3O/c1-34(2)45-30-41(38-21-12-7-13-22-38)31-46(35(3)4)52(45)57-50-26-15-14-25-48(50)56-54(57)44-24-16-23-43-47-33-55-49(32-51(47)58-53(43)44)42-28-39(36-17-8-5-9-18-36)27-40(29-42)37-19-10-6-11-20-37/h5-35H,1-4H3. The van der Waals surface area contributed by atoms with Crippen molar-refractivity contribution in [1.29, 1.82) is 0 Å². The molecule has 0 unspecified atom stereocenters. The Balaban J connectivity index is 1.17. The Kier molecular flexibility index (Phi) is 8.83. The highest BCUT2D eigenvalue weighted by atomic mass is 16.3. The zero-order valence-corrected chi connectivity index (χ0v) is 33.1. The minimum Gasteiger partial charge on any atom is -0.455 e. The molecule has 0 amide bonds. The number of hydrogen-bond donors (Lipinski definition) is 0. The Morgan fingerprint density at radius 1 is 0.483 bits per heavy atom. The van der Waals surface area contributed by atoms with Gasteiger partial charge in [0.1, 0.15) is 17.0 Å². The van der Waals surface area contributed by atoms with Gasteiger partial charge in [-0.1, -0.05) is 143 Å². The van der Waals surface area contributed by atoms with Crippen molar-refractivity contribution >= 4 is 33.0 Å². The number of imidazole rings is 1. The molecule has 7 aromatic carbocycles. The molecule has 0 atom stereocenters. The molecule has 280 valence electrons. The SMILES string of the molecule is CC(C)c1cc(-c2ccccc2)cc(C(C)C)c1-n1c(-c2cccc3c2oc2cc(-c4cc(-c5ccccc5)cc(-c5ccccc5)c4)ncc23)nc2ccccc21. The molecule has 3 heterocycles. The van der Waals surface area contributed by atoms with Gasteiger partial charge >= 0.3 is 0 Å². The van der Waals surface area contributed by atoms with Crippen LogP contribution in [0.2, 0.25) is 0 Å². The normalized spacial score (nSPS) is 11.8. The van der Waals surface area contributed by atoms with Gasteiger partial charge in [-0.2, -0.15) is 0 Å². The molecule has 10 rings (SSSR count). The molecule has 0 saturated carbocycles. The third kappa shape index (κ3) is 6.18. The molecule has 4 nitrogen and oxygen atoms in total. The van der Waals surface area contributed by atoms with E-state index in [1.807, 2.05) is 6.20 Å². The number of hydrogen-bond acceptors (Lipinski definition) is 3. The number of benzene rings is 7. The zero-order valence-electron chi connectivity index (χ0n) is 33.1. The molecule has 0 N–H and O–H groups in total. The van der Waals surface area contributed by atoms with Gasteiger partial charge in [0.25, 0.3) is 0 Å². The molecule has 0 radical (unpaired) electrons. The van der Waals surface area contributed by atoms with Crippen molar-refractivity contribution in [3.8, 4) is 61.7 Å². The van der Waals surface area contributed by atoms with E-state index in [2.05, 4.69) is 202 Å². The molecular weight excluding hydrogens is 707 g/mol. The summed E-state index contributed by atoms with van der Waals surface area (Å²) in [5.74, 6) is 1.39. The minimum atomic E-state index is 0.263. The van der Waals surface area contributed by atoms with Crippen molar-refractivity contribution in [2.45, 2.75) is 39.5 Å². The van der Waals surface area contributed by atoms with Crippen molar-refractivity contribution in [2.75, 3.05) is 0 Å². The predicted molar refractivity (Wildman–Crippen MR) is 242 cm³/mol. The molecule has 0 aliphatic carbocycles. The second kappa shape index (κ2) is 14.5. The van der Waals surface area contributed by atoms with E-state index in [0.29, 0.717) is 0 Å². The molecule has 3 aromatic heterocycles. The topological polar surface area (TPSA) is 43.9 Å². The Bertz CT molecular complexity index is 3010. The number of furan rings is 1. The van der Waals surface area contributed by atoms with Gasteiger partial charge in [-0.05, 0) is 105 Å². The number of fused-ring (bicyclic) bond motifs is 4. The molecule has 0 spiro atoms. The Morgan fingerprint density at radius 3 is 1.60 bits per heavy atom. The van der Waals surface area contributed by atoms with Crippen LogP contribution in [0.3, 0.4) is 0 Å². The Hall–Kier alpha value is -7.04. The first-order valence-electron chi connectivity index (χ1n) is 20.2. The van der Waals surface area contributed by atoms with Crippen LogP contribution >= 0.6 is 0 Å². The summed E-state index contributed by atoms with van der Waals surface area (Å²) in [6.07, 6.45) is 1.97. The van der Waals surface area contributed by atoms with Gasteiger partial charge in [-0.3, -0.25) is 9.55 Å². The third-order valence-electron chi connectivity index (χ3n) is 11.4. The van der Waals surface area contributed by atoms with E-state index >= 15 is 0 Å². The lowest BCUT2D eigenvalue weighted by Gasteiger charge is -2.24. The van der Waals surface area contributed by atoms with Crippen LogP contribution in [-0.4, -0.2) is 14.5 Å². The number of pyridine rings is 1. The van der Waals surface area contributed by atoms with Crippen molar-refractivity contribution in [2.24, 2.45) is 0 Å². The zero-order chi connectivity index (χ0) is 39.3. The molecule has 4 heteroatoms. The summed E-state index contributed by atoms with van der Waals surface area (Å²) < 4.78 is 9.35. The molecule has 0 aliphatic rings. The van der Waals surface area contributed by atoms with Crippen molar-refractivity contribution in [3.63, 3.8) is 0 Å². The van der Waals surface area contributed by atoms with E-state index in [1.165, 1.54) is 27.9 Å². The fraction of sp³-hybridized carbons (Fsp3) is 0.111. The van der Waals surface area contributed by atoms with E-state index < -0.39 is 0 Å². The monoisotopic (exact) mass is 749 g/mol. The molecule has 10 aromatic rings. The fourth-order valence-corrected chi connectivity index (χ4v) is 8.45. The Labute approximate surface area is 339 Å². The number of rotatable bonds is 8. The number of aromatic nitrogens is 3. The number of para-hydroxylation sites is 3. The van der Waals surface area contributed by atoms with Gasteiger partial charge in [-0.25, -0.2) is 4.98 Å². The van der Waals surface area contributed by atoms with Crippen molar-refractivity contribution < 1.29 is 4.42 Å². The van der Waals surface area contributed by atoms with E-state index in [4.69, 9.17) is 14.4 Å². The maximum atomic E-state index is 6.96. The summed E-state index contributed by atoms with van der Waals surface area (Å²) in [5.41, 5.74) is 17.3. The summed E-state index contributed by atoms with van der Waals surface area (Å²) in [6.45, 7) is 9.16. The second-order valence-corrected chi connectivity index (χ2v) is 15.8. The second-order valence-electron chi connectivity index (χ2n) is 15.8. The largest absolute Gasteiger partial charge is 0.455 e. The van der Waals surface area contributed by atoms with Crippen LogP contribution in [0.4, 0.5) is 0 Å². The lowest BCUT2D eigenvalue weighted by Crippen LogP contribution is -2.09. The molecule has 0 bridgehead atoms. The van der Waals surface area contributed by atoms with Gasteiger partial charge < -0.3 is 4.42 Å². The lowest BCUT2D eigenvalue weighted by atomic mass is 9.88. The highest BCUT2D eigenvalue weighted by Crippen LogP contribution is 2.43. The van der Waals surface area contributed by atoms with Crippen LogP contribution in [0.25, 0.3) is 94.7 Å². The highest BCUT2D eigenvalue weighted by molar-refractivity contribution is 6.10. The van der Waals surface area contributed by atoms with Gasteiger partial charge in [0, 0.05) is 28.6 Å². The van der Waals surface area contributed by atoms with Crippen LogP contribution < -0.4 is 0 Å². The first kappa shape index (κ1) is 35.4. The average Bonchev–Trinajstić information content (AvgIpc) is 3.85. The van der Waals surface area contributed by atoms with Gasteiger partial charge in [0.15, 0.2) is 0 Å². The van der Waals surface area contributed by atoms with E-state index in [1.54, 1.807) is 0 Å². The predicted octanol–water partition coefficient (Wildman–Crippen LogP) is 14.9. The smallest absolute Gasteiger partial charge is 0.149 e. The maximum absolute atomic E-state index is 6.96. The van der Waals surface area contributed by atoms with Gasteiger partial charge in [-0.15, -0.1) is 0 Å². The van der Waals surface area contributed by atoms with Crippen molar-refractivity contribution in [3.05, 3.63) is 187 Å². The highest BCUT2D eigenvalue weighted by Gasteiger charge is 2.25. The summed E-state index contributed by atoms with van der Waals surface area (Å²) in [6, 6.07) is 60.2. The van der Waals surface area contributed by atoms with Crippen LogP contribution in [-0.2, 0) is 0 Å². The van der Waals surface area contributed by atoms with Crippen LogP contribution in [0.5, 0.6) is 0 Å². The van der Waals surface area contributed by atoms with Gasteiger partial charge in [0.05, 0.1) is 28.0 Å². The first-order valence-corrected chi connectivity index (χ1v) is 20.2. The van der Waals surface area contributed by atoms with Crippen LogP contribution in [0.1, 0.15) is 50.7 Å². The number of nitrogens with zero attached hydrogens (tertiary/aromatic N) is 3. The Morgan fingerprint density at radius 2 is 1.02 bits per heavy atom. The molecule has 58 heavy (non-hydrogen) atoms. The van der Waals surface area contributed by atoms with Gasteiger partial charge in [0.2, 0.25) is 0 Å². The quantitative estimate of drug-likeness (QED) is 0.155. The summed E-state index contributed by atoms with van der Waals surface area (Å²) in [4.78, 5) is 10.5. The summed E-state index contributed by atoms with van der Waals surface area (Å²) in [7, 11) is 0. The summed E-state index contributed by atoms with van der Waals surface area (Å²) >= 11 is 0. The molecule has 0 fully saturated rings.